The van der Waals surface area contributed by atoms with E-state index in [-0.39, 0.29) is 5.69 Å². The summed E-state index contributed by atoms with van der Waals surface area (Å²) in [7, 11) is -0.655. The fourth-order valence-corrected chi connectivity index (χ4v) is 4.28. The smallest absolute Gasteiger partial charge is 0.243 e. The van der Waals surface area contributed by atoms with Crippen molar-refractivity contribution in [2.45, 2.75) is 25.8 Å². The average molecular weight is 439 g/mol. The normalized spacial score (nSPS) is 12.2. The van der Waals surface area contributed by atoms with E-state index in [0.717, 1.165) is 22.2 Å². The molecule has 0 aliphatic carbocycles. The summed E-state index contributed by atoms with van der Waals surface area (Å²) >= 11 is 0. The minimum atomic E-state index is -3.79. The van der Waals surface area contributed by atoms with Gasteiger partial charge in [-0.2, -0.15) is 0 Å². The van der Waals surface area contributed by atoms with E-state index in [1.54, 1.807) is 14.2 Å². The van der Waals surface area contributed by atoms with Crippen molar-refractivity contribution in [3.8, 4) is 11.5 Å². The van der Waals surface area contributed by atoms with Crippen LogP contribution in [0.5, 0.6) is 11.5 Å². The Bertz CT molecular complexity index is 981. The number of rotatable bonds is 10. The Morgan fingerprint density at radius 3 is 2.43 bits per heavy atom. The van der Waals surface area contributed by atoms with E-state index in [1.165, 1.54) is 25.1 Å². The summed E-state index contributed by atoms with van der Waals surface area (Å²) in [6.45, 7) is 1.83. The number of sulfonamides is 1. The van der Waals surface area contributed by atoms with E-state index >= 15 is 0 Å². The first kappa shape index (κ1) is 23.5. The molecule has 0 unspecified atom stereocenters. The Hall–Kier alpha value is -2.81. The number of nitrogens with one attached hydrogen (secondary N) is 1. The summed E-state index contributed by atoms with van der Waals surface area (Å²) in [6.07, 6.45) is 2.32. The minimum absolute atomic E-state index is 0.102. The predicted octanol–water partition coefficient (Wildman–Crippen LogP) is 2.75. The Balaban J connectivity index is 1.97. The lowest BCUT2D eigenvalue weighted by atomic mass is 10.1. The van der Waals surface area contributed by atoms with Gasteiger partial charge in [-0.25, -0.2) is 12.8 Å². The van der Waals surface area contributed by atoms with Crippen molar-refractivity contribution >= 4 is 21.6 Å². The summed E-state index contributed by atoms with van der Waals surface area (Å²) in [6, 6.07) is 9.73. The van der Waals surface area contributed by atoms with Gasteiger partial charge in [-0.15, -0.1) is 0 Å². The molecule has 0 aliphatic rings. The summed E-state index contributed by atoms with van der Waals surface area (Å²) in [5.41, 5.74) is 1.12. The second-order valence-corrected chi connectivity index (χ2v) is 8.66. The van der Waals surface area contributed by atoms with E-state index in [9.17, 15) is 17.6 Å². The largest absolute Gasteiger partial charge is 0.493 e. The number of carbonyl (C=O) groups excluding carboxylic acids is 1. The first-order chi connectivity index (χ1) is 14.2. The number of anilines is 1. The van der Waals surface area contributed by atoms with Crippen LogP contribution in [0.4, 0.5) is 10.1 Å². The molecule has 0 aromatic heterocycles. The molecule has 1 atom stereocenters. The molecule has 7 nitrogen and oxygen atoms in total. The topological polar surface area (TPSA) is 84.9 Å². The van der Waals surface area contributed by atoms with Gasteiger partial charge in [0.15, 0.2) is 11.5 Å². The standard InChI is InChI=1S/C21H27FN2O5S/c1-15(24(30(4,26)27)18-9-5-8-17(22)14-18)21(25)23-12-6-7-16-10-11-19(28-2)20(13-16)29-3/h5,8-11,13-15H,6-7,12H2,1-4H3,(H,23,25)/t15-/m1/s1. The lowest BCUT2D eigenvalue weighted by molar-refractivity contribution is -0.121. The fourth-order valence-electron chi connectivity index (χ4n) is 3.11. The number of halogens is 1. The quantitative estimate of drug-likeness (QED) is 0.577. The number of amides is 1. The SMILES string of the molecule is COc1ccc(CCCNC(=O)[C@@H](C)N(c2cccc(F)c2)S(C)(=O)=O)cc1OC. The van der Waals surface area contributed by atoms with Gasteiger partial charge in [0.2, 0.25) is 15.9 Å². The summed E-state index contributed by atoms with van der Waals surface area (Å²) in [4.78, 5) is 12.5. The second-order valence-electron chi connectivity index (χ2n) is 6.80. The van der Waals surface area contributed by atoms with E-state index in [2.05, 4.69) is 5.32 Å². The van der Waals surface area contributed by atoms with E-state index < -0.39 is 27.8 Å². The molecule has 164 valence electrons. The highest BCUT2D eigenvalue weighted by molar-refractivity contribution is 7.92. The molecule has 0 aliphatic heterocycles. The van der Waals surface area contributed by atoms with Gasteiger partial charge in [-0.05, 0) is 55.7 Å². The third-order valence-electron chi connectivity index (χ3n) is 4.54. The molecule has 2 aromatic carbocycles. The maximum absolute atomic E-state index is 13.6. The zero-order valence-corrected chi connectivity index (χ0v) is 18.3. The van der Waals surface area contributed by atoms with Crippen LogP contribution in [0.2, 0.25) is 0 Å². The highest BCUT2D eigenvalue weighted by Crippen LogP contribution is 2.28. The Morgan fingerprint density at radius 2 is 1.83 bits per heavy atom. The van der Waals surface area contributed by atoms with E-state index in [4.69, 9.17) is 9.47 Å². The molecule has 30 heavy (non-hydrogen) atoms. The highest BCUT2D eigenvalue weighted by Gasteiger charge is 2.29. The predicted molar refractivity (Wildman–Crippen MR) is 114 cm³/mol. The van der Waals surface area contributed by atoms with Crippen LogP contribution < -0.4 is 19.1 Å². The third-order valence-corrected chi connectivity index (χ3v) is 5.78. The Morgan fingerprint density at radius 1 is 1.13 bits per heavy atom. The van der Waals surface area contributed by atoms with Crippen molar-refractivity contribution in [3.63, 3.8) is 0 Å². The highest BCUT2D eigenvalue weighted by atomic mass is 32.2. The molecule has 0 radical (unpaired) electrons. The van der Waals surface area contributed by atoms with Crippen molar-refractivity contribution < 1.29 is 27.1 Å². The van der Waals surface area contributed by atoms with E-state index in [1.807, 2.05) is 18.2 Å². The molecule has 0 heterocycles. The van der Waals surface area contributed by atoms with Crippen LogP contribution >= 0.6 is 0 Å². The van der Waals surface area contributed by atoms with Gasteiger partial charge in [0.1, 0.15) is 11.9 Å². The lowest BCUT2D eigenvalue weighted by Gasteiger charge is -2.28. The zero-order chi connectivity index (χ0) is 22.3. The number of hydrogen-bond acceptors (Lipinski definition) is 5. The zero-order valence-electron chi connectivity index (χ0n) is 17.5. The molecule has 9 heteroatoms. The third kappa shape index (κ3) is 6.09. The Labute approximate surface area is 176 Å². The number of ether oxygens (including phenoxy) is 2. The van der Waals surface area contributed by atoms with Gasteiger partial charge >= 0.3 is 0 Å². The first-order valence-electron chi connectivity index (χ1n) is 9.41. The number of aryl methyl sites for hydroxylation is 1. The number of hydrogen-bond donors (Lipinski definition) is 1. The molecule has 0 fully saturated rings. The molecule has 0 saturated heterocycles. The number of nitrogens with zero attached hydrogens (tertiary/aromatic N) is 1. The van der Waals surface area contributed by atoms with Gasteiger partial charge in [-0.3, -0.25) is 9.10 Å². The van der Waals surface area contributed by atoms with Crippen molar-refractivity contribution in [2.24, 2.45) is 0 Å². The van der Waals surface area contributed by atoms with Crippen LogP contribution in [0.15, 0.2) is 42.5 Å². The van der Waals surface area contributed by atoms with Crippen LogP contribution in [0.25, 0.3) is 0 Å². The maximum Gasteiger partial charge on any atom is 0.243 e. The fraction of sp³-hybridized carbons (Fsp3) is 0.381. The van der Waals surface area contributed by atoms with E-state index in [0.29, 0.717) is 30.9 Å². The minimum Gasteiger partial charge on any atom is -0.493 e. The molecular weight excluding hydrogens is 411 g/mol. The van der Waals surface area contributed by atoms with Gasteiger partial charge in [-0.1, -0.05) is 12.1 Å². The first-order valence-corrected chi connectivity index (χ1v) is 11.3. The van der Waals surface area contributed by atoms with Crippen molar-refractivity contribution in [2.75, 3.05) is 31.3 Å². The van der Waals surface area contributed by atoms with Crippen molar-refractivity contribution in [1.29, 1.82) is 0 Å². The lowest BCUT2D eigenvalue weighted by Crippen LogP contribution is -2.48. The van der Waals surface area contributed by atoms with Crippen LogP contribution in [-0.4, -0.2) is 47.4 Å². The molecule has 0 spiro atoms. The summed E-state index contributed by atoms with van der Waals surface area (Å²) in [5.74, 6) is 0.230. The number of benzene rings is 2. The van der Waals surface area contributed by atoms with Crippen LogP contribution in [0.1, 0.15) is 18.9 Å². The number of carbonyl (C=O) groups is 1. The molecule has 2 rings (SSSR count). The number of methoxy groups -OCH3 is 2. The molecular formula is C21H27FN2O5S. The molecule has 1 amide bonds. The van der Waals surface area contributed by atoms with Crippen LogP contribution in [0.3, 0.4) is 0 Å². The van der Waals surface area contributed by atoms with Gasteiger partial charge in [0.25, 0.3) is 0 Å². The Kier molecular flexibility index (Phi) is 8.05. The molecule has 2 aromatic rings. The van der Waals surface area contributed by atoms with Gasteiger partial charge < -0.3 is 14.8 Å². The average Bonchev–Trinajstić information content (AvgIpc) is 2.69. The maximum atomic E-state index is 13.6. The molecule has 0 saturated carbocycles. The summed E-state index contributed by atoms with van der Waals surface area (Å²) in [5, 5.41) is 2.75. The van der Waals surface area contributed by atoms with Gasteiger partial charge in [0.05, 0.1) is 26.2 Å². The summed E-state index contributed by atoms with van der Waals surface area (Å²) < 4.78 is 49.4. The molecule has 0 bridgehead atoms. The second kappa shape index (κ2) is 10.3. The monoisotopic (exact) mass is 438 g/mol. The van der Waals surface area contributed by atoms with Gasteiger partial charge in [0, 0.05) is 6.54 Å². The molecule has 1 N–H and O–H groups in total. The van der Waals surface area contributed by atoms with Crippen molar-refractivity contribution in [3.05, 3.63) is 53.8 Å². The van der Waals surface area contributed by atoms with Crippen LogP contribution in [0, 0.1) is 5.82 Å². The van der Waals surface area contributed by atoms with Crippen molar-refractivity contribution in [1.82, 2.24) is 5.32 Å². The van der Waals surface area contributed by atoms with Crippen LogP contribution in [-0.2, 0) is 21.2 Å².